The van der Waals surface area contributed by atoms with Crippen LogP contribution >= 0.6 is 0 Å². The van der Waals surface area contributed by atoms with Crippen LogP contribution in [0.2, 0.25) is 0 Å². The zero-order valence-electron chi connectivity index (χ0n) is 7.69. The Labute approximate surface area is 76.2 Å². The smallest absolute Gasteiger partial charge is 0.232 e. The van der Waals surface area contributed by atoms with Gasteiger partial charge in [0.2, 0.25) is 12.1 Å². The number of nitro groups is 1. The van der Waals surface area contributed by atoms with E-state index >= 15 is 0 Å². The number of likely N-dealkylation sites (tertiary alicyclic amines) is 1. The van der Waals surface area contributed by atoms with Gasteiger partial charge in [-0.05, 0) is 13.3 Å². The fourth-order valence-corrected chi connectivity index (χ4v) is 1.42. The largest absolute Gasteiger partial charge is 0.345 e. The monoisotopic (exact) mass is 184 g/mol. The van der Waals surface area contributed by atoms with Gasteiger partial charge in [0.1, 0.15) is 0 Å². The third kappa shape index (κ3) is 1.85. The maximum atomic E-state index is 11.5. The molecule has 0 aromatic heterocycles. The van der Waals surface area contributed by atoms with Crippen molar-refractivity contribution in [3.63, 3.8) is 0 Å². The Kier molecular flexibility index (Phi) is 2.36. The van der Waals surface area contributed by atoms with Gasteiger partial charge in [0.15, 0.2) is 0 Å². The molecule has 1 heterocycles. The highest BCUT2D eigenvalue weighted by molar-refractivity contribution is 5.86. The Morgan fingerprint density at radius 2 is 2.31 bits per heavy atom. The SMILES string of the molecule is CN1CC[C@@](C)(/C=C/[N+](=O)[O-])C1=O. The Hall–Kier alpha value is -1.39. The summed E-state index contributed by atoms with van der Waals surface area (Å²) >= 11 is 0. The molecular weight excluding hydrogens is 172 g/mol. The first-order valence-electron chi connectivity index (χ1n) is 4.04. The molecule has 0 bridgehead atoms. The topological polar surface area (TPSA) is 63.4 Å². The van der Waals surface area contributed by atoms with Gasteiger partial charge in [0, 0.05) is 19.7 Å². The summed E-state index contributed by atoms with van der Waals surface area (Å²) in [7, 11) is 1.70. The van der Waals surface area contributed by atoms with Crippen LogP contribution in [0.3, 0.4) is 0 Å². The minimum absolute atomic E-state index is 0.0504. The van der Waals surface area contributed by atoms with Gasteiger partial charge in [-0.1, -0.05) is 0 Å². The molecule has 0 radical (unpaired) electrons. The molecule has 1 rings (SSSR count). The molecule has 1 fully saturated rings. The Bertz CT molecular complexity index is 275. The molecule has 5 nitrogen and oxygen atoms in total. The van der Waals surface area contributed by atoms with Crippen LogP contribution in [0.1, 0.15) is 13.3 Å². The fourth-order valence-electron chi connectivity index (χ4n) is 1.42. The Morgan fingerprint density at radius 1 is 1.69 bits per heavy atom. The molecule has 0 unspecified atom stereocenters. The maximum absolute atomic E-state index is 11.5. The average molecular weight is 184 g/mol. The van der Waals surface area contributed by atoms with Crippen LogP contribution in [-0.2, 0) is 4.79 Å². The minimum atomic E-state index is -0.679. The predicted octanol–water partition coefficient (Wildman–Crippen LogP) is 0.645. The van der Waals surface area contributed by atoms with Crippen molar-refractivity contribution in [2.75, 3.05) is 13.6 Å². The normalized spacial score (nSPS) is 28.8. The summed E-state index contributed by atoms with van der Waals surface area (Å²) < 4.78 is 0. The molecule has 5 heteroatoms. The van der Waals surface area contributed by atoms with Crippen LogP contribution < -0.4 is 0 Å². The van der Waals surface area contributed by atoms with Gasteiger partial charge in [0.05, 0.1) is 10.3 Å². The van der Waals surface area contributed by atoms with Crippen molar-refractivity contribution in [2.24, 2.45) is 5.41 Å². The lowest BCUT2D eigenvalue weighted by molar-refractivity contribution is -0.403. The second-order valence-electron chi connectivity index (χ2n) is 3.50. The Balaban J connectivity index is 2.78. The summed E-state index contributed by atoms with van der Waals surface area (Å²) in [6, 6.07) is 0. The zero-order chi connectivity index (χ0) is 10.1. The van der Waals surface area contributed by atoms with E-state index in [4.69, 9.17) is 0 Å². The maximum Gasteiger partial charge on any atom is 0.232 e. The van der Waals surface area contributed by atoms with Gasteiger partial charge in [-0.2, -0.15) is 0 Å². The third-order valence-corrected chi connectivity index (χ3v) is 2.37. The molecule has 13 heavy (non-hydrogen) atoms. The van der Waals surface area contributed by atoms with Crippen molar-refractivity contribution in [3.8, 4) is 0 Å². The summed E-state index contributed by atoms with van der Waals surface area (Å²) in [6.07, 6.45) is 2.86. The van der Waals surface area contributed by atoms with E-state index in [0.717, 1.165) is 6.20 Å². The zero-order valence-corrected chi connectivity index (χ0v) is 7.69. The van der Waals surface area contributed by atoms with Crippen LogP contribution in [0, 0.1) is 15.5 Å². The van der Waals surface area contributed by atoms with E-state index in [9.17, 15) is 14.9 Å². The first kappa shape index (κ1) is 9.70. The van der Waals surface area contributed by atoms with Gasteiger partial charge in [-0.25, -0.2) is 0 Å². The summed E-state index contributed by atoms with van der Waals surface area (Å²) in [5, 5.41) is 10.1. The van der Waals surface area contributed by atoms with Crippen molar-refractivity contribution in [3.05, 3.63) is 22.4 Å². The van der Waals surface area contributed by atoms with Crippen LogP contribution in [0.5, 0.6) is 0 Å². The van der Waals surface area contributed by atoms with Gasteiger partial charge in [-0.3, -0.25) is 14.9 Å². The molecule has 0 saturated carbocycles. The van der Waals surface area contributed by atoms with E-state index in [0.29, 0.717) is 13.0 Å². The van der Waals surface area contributed by atoms with Crippen LogP contribution in [-0.4, -0.2) is 29.3 Å². The molecule has 0 aromatic rings. The van der Waals surface area contributed by atoms with Gasteiger partial charge < -0.3 is 4.90 Å². The number of carbonyl (C=O) groups is 1. The number of hydrogen-bond acceptors (Lipinski definition) is 3. The summed E-state index contributed by atoms with van der Waals surface area (Å²) in [4.78, 5) is 22.6. The second-order valence-corrected chi connectivity index (χ2v) is 3.50. The first-order chi connectivity index (χ1) is 5.96. The molecule has 1 amide bonds. The highest BCUT2D eigenvalue weighted by atomic mass is 16.6. The molecule has 0 N–H and O–H groups in total. The highest BCUT2D eigenvalue weighted by Crippen LogP contribution is 2.31. The lowest BCUT2D eigenvalue weighted by Gasteiger charge is -2.15. The predicted molar refractivity (Wildman–Crippen MR) is 46.5 cm³/mol. The van der Waals surface area contributed by atoms with Crippen molar-refractivity contribution in [1.29, 1.82) is 0 Å². The average Bonchev–Trinajstić information content (AvgIpc) is 2.31. The summed E-state index contributed by atoms with van der Waals surface area (Å²) in [6.45, 7) is 2.39. The summed E-state index contributed by atoms with van der Waals surface area (Å²) in [5.74, 6) is -0.0504. The van der Waals surface area contributed by atoms with E-state index in [1.54, 1.807) is 18.9 Å². The van der Waals surface area contributed by atoms with E-state index < -0.39 is 10.3 Å². The number of carbonyl (C=O) groups excluding carboxylic acids is 1. The molecular formula is C8H12N2O3. The molecule has 1 aliphatic rings. The molecule has 1 saturated heterocycles. The van der Waals surface area contributed by atoms with Crippen LogP contribution in [0.15, 0.2) is 12.3 Å². The highest BCUT2D eigenvalue weighted by Gasteiger charge is 2.39. The van der Waals surface area contributed by atoms with E-state index in [1.165, 1.54) is 6.08 Å². The molecule has 0 aromatic carbocycles. The van der Waals surface area contributed by atoms with Gasteiger partial charge >= 0.3 is 0 Å². The standard InChI is InChI=1S/C8H12N2O3/c1-8(4-6-10(12)13)3-5-9(2)7(8)11/h4,6H,3,5H2,1-2H3/b6-4+/t8-/m0/s1. The summed E-state index contributed by atoms with van der Waals surface area (Å²) in [5.41, 5.74) is -0.679. The van der Waals surface area contributed by atoms with Crippen molar-refractivity contribution in [2.45, 2.75) is 13.3 Å². The lowest BCUT2D eigenvalue weighted by Crippen LogP contribution is -2.28. The van der Waals surface area contributed by atoms with E-state index in [1.807, 2.05) is 0 Å². The van der Waals surface area contributed by atoms with E-state index in [-0.39, 0.29) is 5.91 Å². The molecule has 72 valence electrons. The minimum Gasteiger partial charge on any atom is -0.345 e. The number of hydrogen-bond donors (Lipinski definition) is 0. The third-order valence-electron chi connectivity index (χ3n) is 2.37. The van der Waals surface area contributed by atoms with Crippen LogP contribution in [0.25, 0.3) is 0 Å². The Morgan fingerprint density at radius 3 is 2.69 bits per heavy atom. The molecule has 1 aliphatic heterocycles. The quantitative estimate of drug-likeness (QED) is 0.467. The van der Waals surface area contributed by atoms with Crippen molar-refractivity contribution >= 4 is 5.91 Å². The lowest BCUT2D eigenvalue weighted by atomic mass is 9.89. The van der Waals surface area contributed by atoms with Gasteiger partial charge in [-0.15, -0.1) is 0 Å². The van der Waals surface area contributed by atoms with Crippen LogP contribution in [0.4, 0.5) is 0 Å². The second kappa shape index (κ2) is 3.16. The van der Waals surface area contributed by atoms with Crippen molar-refractivity contribution < 1.29 is 9.72 Å². The number of amides is 1. The first-order valence-corrected chi connectivity index (χ1v) is 4.04. The number of rotatable bonds is 2. The molecule has 0 aliphatic carbocycles. The van der Waals surface area contributed by atoms with Gasteiger partial charge in [0.25, 0.3) is 0 Å². The number of nitrogens with zero attached hydrogens (tertiary/aromatic N) is 2. The fraction of sp³-hybridized carbons (Fsp3) is 0.625. The van der Waals surface area contributed by atoms with E-state index in [2.05, 4.69) is 0 Å². The molecule has 0 spiro atoms. The molecule has 1 atom stereocenters. The van der Waals surface area contributed by atoms with Crippen molar-refractivity contribution in [1.82, 2.24) is 4.90 Å².